The highest BCUT2D eigenvalue weighted by molar-refractivity contribution is 5.96. The van der Waals surface area contributed by atoms with E-state index >= 15 is 0 Å². The standard InChI is InChI=1S/C20H24N2O3/c1-12-10-15-11-13(2)24-18(15)17(22-19(23)25-20(3,4)5)16(12)14-6-8-21-9-7-14/h6-10,13H,11H2,1-5H3,(H,22,23)/t13-/m1/s1. The summed E-state index contributed by atoms with van der Waals surface area (Å²) in [7, 11) is 0. The van der Waals surface area contributed by atoms with Crippen LogP contribution in [-0.2, 0) is 11.2 Å². The second kappa shape index (κ2) is 6.39. The number of anilines is 1. The third kappa shape index (κ3) is 3.76. The van der Waals surface area contributed by atoms with Gasteiger partial charge in [-0.25, -0.2) is 4.79 Å². The summed E-state index contributed by atoms with van der Waals surface area (Å²) in [5.74, 6) is 0.732. The van der Waals surface area contributed by atoms with E-state index < -0.39 is 11.7 Å². The zero-order valence-electron chi connectivity index (χ0n) is 15.3. The predicted octanol–water partition coefficient (Wildman–Crippen LogP) is 4.73. The number of aromatic nitrogens is 1. The summed E-state index contributed by atoms with van der Waals surface area (Å²) in [4.78, 5) is 16.5. The molecule has 0 fully saturated rings. The van der Waals surface area contributed by atoms with E-state index in [4.69, 9.17) is 9.47 Å². The maximum atomic E-state index is 12.4. The van der Waals surface area contributed by atoms with Gasteiger partial charge in [-0.05, 0) is 57.9 Å². The number of aryl methyl sites for hydroxylation is 1. The highest BCUT2D eigenvalue weighted by Gasteiger charge is 2.28. The Morgan fingerprint density at radius 1 is 1.32 bits per heavy atom. The fourth-order valence-electron chi connectivity index (χ4n) is 3.12. The molecular formula is C20H24N2O3. The van der Waals surface area contributed by atoms with Gasteiger partial charge in [0.25, 0.3) is 0 Å². The third-order valence-electron chi connectivity index (χ3n) is 3.98. The van der Waals surface area contributed by atoms with E-state index in [0.29, 0.717) is 5.69 Å². The zero-order chi connectivity index (χ0) is 18.2. The molecule has 25 heavy (non-hydrogen) atoms. The van der Waals surface area contributed by atoms with Crippen LogP contribution in [0.3, 0.4) is 0 Å². The molecule has 0 saturated heterocycles. The zero-order valence-corrected chi connectivity index (χ0v) is 15.3. The second-order valence-electron chi connectivity index (χ2n) is 7.43. The fourth-order valence-corrected chi connectivity index (χ4v) is 3.12. The van der Waals surface area contributed by atoms with Crippen molar-refractivity contribution in [2.24, 2.45) is 0 Å². The van der Waals surface area contributed by atoms with Crippen molar-refractivity contribution in [3.05, 3.63) is 41.7 Å². The molecule has 0 bridgehead atoms. The van der Waals surface area contributed by atoms with E-state index in [0.717, 1.165) is 34.4 Å². The Morgan fingerprint density at radius 3 is 2.64 bits per heavy atom. The van der Waals surface area contributed by atoms with Crippen molar-refractivity contribution in [3.63, 3.8) is 0 Å². The van der Waals surface area contributed by atoms with Crippen molar-refractivity contribution >= 4 is 11.8 Å². The molecule has 5 nitrogen and oxygen atoms in total. The van der Waals surface area contributed by atoms with Gasteiger partial charge in [-0.1, -0.05) is 6.07 Å². The van der Waals surface area contributed by atoms with Crippen LogP contribution < -0.4 is 10.1 Å². The molecule has 2 heterocycles. The minimum atomic E-state index is -0.567. The van der Waals surface area contributed by atoms with Gasteiger partial charge in [-0.15, -0.1) is 0 Å². The molecule has 0 aliphatic carbocycles. The Morgan fingerprint density at radius 2 is 2.00 bits per heavy atom. The van der Waals surface area contributed by atoms with Gasteiger partial charge in [-0.2, -0.15) is 0 Å². The number of benzene rings is 1. The van der Waals surface area contributed by atoms with Crippen LogP contribution in [0.25, 0.3) is 11.1 Å². The van der Waals surface area contributed by atoms with E-state index in [-0.39, 0.29) is 6.10 Å². The molecule has 0 unspecified atom stereocenters. The number of hydrogen-bond donors (Lipinski definition) is 1. The number of carbonyl (C=O) groups is 1. The Labute approximate surface area is 148 Å². The molecule has 1 N–H and O–H groups in total. The average Bonchev–Trinajstić information content (AvgIpc) is 2.86. The Hall–Kier alpha value is -2.56. The topological polar surface area (TPSA) is 60.5 Å². The van der Waals surface area contributed by atoms with Crippen LogP contribution in [-0.4, -0.2) is 22.8 Å². The average molecular weight is 340 g/mol. The van der Waals surface area contributed by atoms with Gasteiger partial charge in [0.15, 0.2) is 0 Å². The number of carbonyl (C=O) groups excluding carboxylic acids is 1. The van der Waals surface area contributed by atoms with Crippen LogP contribution in [0.5, 0.6) is 5.75 Å². The molecule has 1 aliphatic rings. The third-order valence-corrected chi connectivity index (χ3v) is 3.98. The smallest absolute Gasteiger partial charge is 0.412 e. The van der Waals surface area contributed by atoms with Crippen molar-refractivity contribution in [1.29, 1.82) is 0 Å². The predicted molar refractivity (Wildman–Crippen MR) is 98.1 cm³/mol. The fraction of sp³-hybridized carbons (Fsp3) is 0.400. The second-order valence-corrected chi connectivity index (χ2v) is 7.43. The molecule has 0 saturated carbocycles. The van der Waals surface area contributed by atoms with E-state index in [1.54, 1.807) is 12.4 Å². The molecule has 1 aromatic heterocycles. The highest BCUT2D eigenvalue weighted by atomic mass is 16.6. The SMILES string of the molecule is Cc1cc2c(c(NC(=O)OC(C)(C)C)c1-c1ccncc1)O[C@H](C)C2. The summed E-state index contributed by atoms with van der Waals surface area (Å²) in [6, 6.07) is 5.98. The number of nitrogens with zero attached hydrogens (tertiary/aromatic N) is 1. The number of ether oxygens (including phenoxy) is 2. The largest absolute Gasteiger partial charge is 0.488 e. The van der Waals surface area contributed by atoms with E-state index in [9.17, 15) is 4.79 Å². The molecule has 0 spiro atoms. The van der Waals surface area contributed by atoms with Gasteiger partial charge in [0.1, 0.15) is 17.5 Å². The normalized spacial score (nSPS) is 16.1. The number of rotatable bonds is 2. The van der Waals surface area contributed by atoms with Crippen LogP contribution in [0.4, 0.5) is 10.5 Å². The van der Waals surface area contributed by atoms with Crippen LogP contribution in [0.1, 0.15) is 38.8 Å². The first-order valence-electron chi connectivity index (χ1n) is 8.48. The molecule has 0 radical (unpaired) electrons. The molecule has 1 atom stereocenters. The minimum Gasteiger partial charge on any atom is -0.488 e. The summed E-state index contributed by atoms with van der Waals surface area (Å²) < 4.78 is 11.4. The maximum absolute atomic E-state index is 12.4. The molecule has 2 aromatic rings. The molecule has 5 heteroatoms. The molecular weight excluding hydrogens is 316 g/mol. The Kier molecular flexibility index (Phi) is 4.41. The lowest BCUT2D eigenvalue weighted by Gasteiger charge is -2.22. The van der Waals surface area contributed by atoms with Crippen LogP contribution in [0.15, 0.2) is 30.6 Å². The first-order valence-corrected chi connectivity index (χ1v) is 8.48. The lowest BCUT2D eigenvalue weighted by Crippen LogP contribution is -2.27. The Balaban J connectivity index is 2.09. The molecule has 132 valence electrons. The summed E-state index contributed by atoms with van der Waals surface area (Å²) in [6.07, 6.45) is 3.90. The minimum absolute atomic E-state index is 0.0845. The lowest BCUT2D eigenvalue weighted by atomic mass is 9.95. The van der Waals surface area contributed by atoms with Crippen molar-refractivity contribution in [2.75, 3.05) is 5.32 Å². The summed E-state index contributed by atoms with van der Waals surface area (Å²) >= 11 is 0. The van der Waals surface area contributed by atoms with Crippen molar-refractivity contribution in [1.82, 2.24) is 4.98 Å². The number of nitrogens with one attached hydrogen (secondary N) is 1. The number of pyridine rings is 1. The van der Waals surface area contributed by atoms with E-state index in [1.807, 2.05) is 46.8 Å². The summed E-state index contributed by atoms with van der Waals surface area (Å²) in [6.45, 7) is 9.60. The monoisotopic (exact) mass is 340 g/mol. The first-order chi connectivity index (χ1) is 11.7. The van der Waals surface area contributed by atoms with Crippen LogP contribution in [0, 0.1) is 6.92 Å². The van der Waals surface area contributed by atoms with Crippen LogP contribution in [0.2, 0.25) is 0 Å². The van der Waals surface area contributed by atoms with E-state index in [1.165, 1.54) is 0 Å². The van der Waals surface area contributed by atoms with Crippen molar-refractivity contribution < 1.29 is 14.3 Å². The Bertz CT molecular complexity index is 795. The molecule has 1 aromatic carbocycles. The number of amides is 1. The van der Waals surface area contributed by atoms with Crippen LogP contribution >= 0.6 is 0 Å². The lowest BCUT2D eigenvalue weighted by molar-refractivity contribution is 0.0635. The number of hydrogen-bond acceptors (Lipinski definition) is 4. The maximum Gasteiger partial charge on any atom is 0.412 e. The van der Waals surface area contributed by atoms with Crippen molar-refractivity contribution in [2.45, 2.75) is 52.7 Å². The van der Waals surface area contributed by atoms with Gasteiger partial charge < -0.3 is 9.47 Å². The highest BCUT2D eigenvalue weighted by Crippen LogP contribution is 2.45. The van der Waals surface area contributed by atoms with Gasteiger partial charge >= 0.3 is 6.09 Å². The summed E-state index contributed by atoms with van der Waals surface area (Å²) in [5.41, 5.74) is 4.19. The molecule has 1 amide bonds. The first kappa shape index (κ1) is 17.3. The van der Waals surface area contributed by atoms with Gasteiger partial charge in [-0.3, -0.25) is 10.3 Å². The number of fused-ring (bicyclic) bond motifs is 1. The quantitative estimate of drug-likeness (QED) is 0.859. The molecule has 3 rings (SSSR count). The van der Waals surface area contributed by atoms with Gasteiger partial charge in [0.2, 0.25) is 0 Å². The van der Waals surface area contributed by atoms with Gasteiger partial charge in [0, 0.05) is 29.9 Å². The van der Waals surface area contributed by atoms with E-state index in [2.05, 4.69) is 16.4 Å². The van der Waals surface area contributed by atoms with Gasteiger partial charge in [0.05, 0.1) is 5.69 Å². The molecule has 1 aliphatic heterocycles. The summed E-state index contributed by atoms with van der Waals surface area (Å²) in [5, 5.41) is 2.92. The van der Waals surface area contributed by atoms with Crippen molar-refractivity contribution in [3.8, 4) is 16.9 Å².